The molecule has 0 amide bonds. The van der Waals surface area contributed by atoms with Gasteiger partial charge < -0.3 is 30.6 Å². The number of carbonyl (C=O) groups is 2. The Morgan fingerprint density at radius 3 is 2.44 bits per heavy atom. The van der Waals surface area contributed by atoms with Gasteiger partial charge in [0.2, 0.25) is 6.33 Å². The molecule has 1 rings (SSSR count). The van der Waals surface area contributed by atoms with Crippen LogP contribution in [0.2, 0.25) is 0 Å². The van der Waals surface area contributed by atoms with E-state index in [0.29, 0.717) is 6.42 Å². The molecular weight excluding hydrogens is 218 g/mol. The summed E-state index contributed by atoms with van der Waals surface area (Å²) in [7, 11) is 0. The summed E-state index contributed by atoms with van der Waals surface area (Å²) in [6.45, 7) is -0.889. The van der Waals surface area contributed by atoms with Crippen molar-refractivity contribution in [2.45, 2.75) is 12.5 Å². The molecule has 1 heterocycles. The van der Waals surface area contributed by atoms with Gasteiger partial charge in [-0.05, 0) is 0 Å². The number of carboxylic acid groups (broad SMARTS) is 2. The number of hydrogen-bond donors (Lipinski definition) is 3. The van der Waals surface area contributed by atoms with Crippen LogP contribution in [0.15, 0.2) is 12.5 Å². The molecule has 6 N–H and O–H groups in total. The summed E-state index contributed by atoms with van der Waals surface area (Å²) in [6, 6.07) is -0.693. The molecular formula is C8H13N3O5. The highest BCUT2D eigenvalue weighted by Crippen LogP contribution is 1.90. The van der Waals surface area contributed by atoms with Crippen LogP contribution >= 0.6 is 0 Å². The Balaban J connectivity index is 0.000000385. The number of rotatable bonds is 4. The van der Waals surface area contributed by atoms with Gasteiger partial charge in [0.25, 0.3) is 0 Å². The molecule has 1 aromatic rings. The first-order valence-corrected chi connectivity index (χ1v) is 4.35. The molecule has 1 atom stereocenters. The molecule has 0 aliphatic heterocycles. The number of aliphatic hydroxyl groups excluding tert-OH is 1. The zero-order valence-corrected chi connectivity index (χ0v) is 8.43. The van der Waals surface area contributed by atoms with E-state index in [1.54, 1.807) is 12.5 Å². The van der Waals surface area contributed by atoms with Crippen molar-refractivity contribution in [3.05, 3.63) is 18.2 Å². The molecule has 8 heteroatoms. The standard InChI is InChI=1S/C6H9N3O2.C2H4O3/c7-5(6(10)11)1-4-2-8-3-9-4;3-1-2(4)5/h2-3,5H,1,7H2,(H,8,9)(H,10,11);3H,1H2,(H,4,5)/t5-;/m0./s1. The van der Waals surface area contributed by atoms with Crippen molar-refractivity contribution in [2.75, 3.05) is 6.61 Å². The fourth-order valence-corrected chi connectivity index (χ4v) is 0.785. The Bertz CT molecular complexity index is 324. The maximum absolute atomic E-state index is 10.2. The summed E-state index contributed by atoms with van der Waals surface area (Å²) in [5.41, 5.74) is 4.23. The zero-order chi connectivity index (χ0) is 12.6. The van der Waals surface area contributed by atoms with Crippen LogP contribution in [0, 0.1) is 0 Å². The van der Waals surface area contributed by atoms with Crippen LogP contribution < -0.4 is 20.9 Å². The van der Waals surface area contributed by atoms with Crippen molar-refractivity contribution in [1.29, 1.82) is 0 Å². The zero-order valence-electron chi connectivity index (χ0n) is 8.43. The molecule has 0 saturated carbocycles. The molecule has 90 valence electrons. The monoisotopic (exact) mass is 231 g/mol. The van der Waals surface area contributed by atoms with Gasteiger partial charge in [-0.15, -0.1) is 0 Å². The summed E-state index contributed by atoms with van der Waals surface area (Å²) in [5, 5.41) is 26.7. The van der Waals surface area contributed by atoms with E-state index >= 15 is 0 Å². The average molecular weight is 231 g/mol. The van der Waals surface area contributed by atoms with E-state index in [0.717, 1.165) is 5.69 Å². The van der Waals surface area contributed by atoms with Crippen molar-refractivity contribution in [3.63, 3.8) is 0 Å². The van der Waals surface area contributed by atoms with Crippen LogP contribution in [0.1, 0.15) is 5.69 Å². The van der Waals surface area contributed by atoms with Crippen molar-refractivity contribution in [1.82, 2.24) is 4.98 Å². The lowest BCUT2D eigenvalue weighted by molar-refractivity contribution is -0.437. The summed E-state index contributed by atoms with van der Waals surface area (Å²) in [5.74, 6) is -2.57. The van der Waals surface area contributed by atoms with Crippen LogP contribution in [0.5, 0.6) is 0 Å². The van der Waals surface area contributed by atoms with E-state index in [4.69, 9.17) is 15.0 Å². The predicted octanol–water partition coefficient (Wildman–Crippen LogP) is -5.54. The third-order valence-electron chi connectivity index (χ3n) is 1.53. The SMILES string of the molecule is O=C([O-])CO.[NH3+][C@@H](Cc1c[nH+]c[nH]1)C(=O)[O-]. The van der Waals surface area contributed by atoms with Gasteiger partial charge in [0.05, 0.1) is 25.0 Å². The first-order valence-electron chi connectivity index (χ1n) is 4.35. The Hall–Kier alpha value is -1.93. The van der Waals surface area contributed by atoms with Gasteiger partial charge >= 0.3 is 0 Å². The predicted molar refractivity (Wildman–Crippen MR) is 44.8 cm³/mol. The Morgan fingerprint density at radius 2 is 2.12 bits per heavy atom. The molecule has 0 bridgehead atoms. The highest BCUT2D eigenvalue weighted by atomic mass is 16.4. The first-order chi connectivity index (χ1) is 7.47. The van der Waals surface area contributed by atoms with Gasteiger partial charge in [0.1, 0.15) is 17.9 Å². The summed E-state index contributed by atoms with van der Waals surface area (Å²) in [6.07, 6.45) is 3.68. The minimum Gasteiger partial charge on any atom is -0.548 e. The summed E-state index contributed by atoms with van der Waals surface area (Å²) in [4.78, 5) is 24.8. The van der Waals surface area contributed by atoms with Crippen LogP contribution in [-0.2, 0) is 16.0 Å². The lowest BCUT2D eigenvalue weighted by atomic mass is 10.2. The number of hydrogen-bond acceptors (Lipinski definition) is 5. The first kappa shape index (κ1) is 14.1. The van der Waals surface area contributed by atoms with E-state index < -0.39 is 24.6 Å². The molecule has 8 nitrogen and oxygen atoms in total. The molecule has 0 saturated heterocycles. The number of aromatic nitrogens is 2. The maximum Gasteiger partial charge on any atom is 0.239 e. The molecule has 16 heavy (non-hydrogen) atoms. The molecule has 0 fully saturated rings. The highest BCUT2D eigenvalue weighted by molar-refractivity contribution is 5.69. The number of aliphatic hydroxyl groups is 1. The van der Waals surface area contributed by atoms with E-state index in [2.05, 4.69) is 15.7 Å². The average Bonchev–Trinajstić information content (AvgIpc) is 2.71. The molecule has 0 aliphatic carbocycles. The Morgan fingerprint density at radius 1 is 1.56 bits per heavy atom. The van der Waals surface area contributed by atoms with Gasteiger partial charge in [-0.3, -0.25) is 4.98 Å². The second kappa shape index (κ2) is 7.37. The normalized spacial score (nSPS) is 11.1. The molecule has 0 aliphatic rings. The van der Waals surface area contributed by atoms with Gasteiger partial charge in [-0.2, -0.15) is 0 Å². The number of imidazole rings is 1. The summed E-state index contributed by atoms with van der Waals surface area (Å²) < 4.78 is 0. The molecule has 0 aromatic carbocycles. The summed E-state index contributed by atoms with van der Waals surface area (Å²) >= 11 is 0. The van der Waals surface area contributed by atoms with Crippen molar-refractivity contribution >= 4 is 11.9 Å². The van der Waals surface area contributed by atoms with E-state index in [9.17, 15) is 9.90 Å². The fraction of sp³-hybridized carbons (Fsp3) is 0.375. The van der Waals surface area contributed by atoms with E-state index in [1.807, 2.05) is 0 Å². The number of aromatic amines is 2. The fourth-order valence-electron chi connectivity index (χ4n) is 0.785. The number of carbonyl (C=O) groups excluding carboxylic acids is 2. The lowest BCUT2D eigenvalue weighted by Gasteiger charge is -2.04. The minimum atomic E-state index is -1.44. The Labute approximate surface area is 90.7 Å². The van der Waals surface area contributed by atoms with E-state index in [-0.39, 0.29) is 0 Å². The largest absolute Gasteiger partial charge is 0.548 e. The number of H-pyrrole nitrogens is 2. The number of nitrogens with one attached hydrogen (secondary N) is 2. The second-order valence-corrected chi connectivity index (χ2v) is 2.88. The number of quaternary nitrogens is 1. The van der Waals surface area contributed by atoms with Crippen LogP contribution in [-0.4, -0.2) is 34.7 Å². The molecule has 0 unspecified atom stereocenters. The van der Waals surface area contributed by atoms with Crippen LogP contribution in [0.25, 0.3) is 0 Å². The van der Waals surface area contributed by atoms with Crippen molar-refractivity contribution in [3.8, 4) is 0 Å². The van der Waals surface area contributed by atoms with Crippen LogP contribution in [0.4, 0.5) is 0 Å². The quantitative estimate of drug-likeness (QED) is 0.470. The highest BCUT2D eigenvalue weighted by Gasteiger charge is 2.11. The molecule has 0 radical (unpaired) electrons. The number of carboxylic acids is 2. The molecule has 0 spiro atoms. The van der Waals surface area contributed by atoms with Gasteiger partial charge in [0.15, 0.2) is 0 Å². The van der Waals surface area contributed by atoms with Crippen molar-refractivity contribution in [2.24, 2.45) is 0 Å². The second-order valence-electron chi connectivity index (χ2n) is 2.88. The smallest absolute Gasteiger partial charge is 0.239 e. The molecule has 1 aromatic heterocycles. The van der Waals surface area contributed by atoms with Gasteiger partial charge in [-0.25, -0.2) is 4.98 Å². The maximum atomic E-state index is 10.2. The third kappa shape index (κ3) is 6.51. The van der Waals surface area contributed by atoms with Crippen LogP contribution in [0.3, 0.4) is 0 Å². The topological polar surface area (TPSA) is 158 Å². The Kier molecular flexibility index (Phi) is 6.48. The third-order valence-corrected chi connectivity index (χ3v) is 1.53. The number of aliphatic carboxylic acids is 2. The van der Waals surface area contributed by atoms with Gasteiger partial charge in [0, 0.05) is 0 Å². The van der Waals surface area contributed by atoms with Crippen molar-refractivity contribution < 1.29 is 35.6 Å². The lowest BCUT2D eigenvalue weighted by Crippen LogP contribution is -2.69. The van der Waals surface area contributed by atoms with Gasteiger partial charge in [-0.1, -0.05) is 0 Å². The van der Waals surface area contributed by atoms with E-state index in [1.165, 1.54) is 0 Å². The minimum absolute atomic E-state index is 0.367.